The standard InChI is InChI=1S/C25H39BrO2Si/c1-24(2,3)29(5,6)28-22-10-9-21-19-8-7-16-13-18(27)14-17(15-26)23(16)20(19)11-12-25(21,22)4/h11,13,17,19,21-23H,7-10,12,14-15H2,1-6H3/t17-,19?,21?,22-,23?,25-/m0/s1. The number of ketones is 1. The van der Waals surface area contributed by atoms with Crippen molar-refractivity contribution in [1.82, 2.24) is 0 Å². The van der Waals surface area contributed by atoms with Crippen molar-refractivity contribution in [3.63, 3.8) is 0 Å². The fourth-order valence-electron chi connectivity index (χ4n) is 6.56. The highest BCUT2D eigenvalue weighted by molar-refractivity contribution is 9.09. The van der Waals surface area contributed by atoms with Crippen molar-refractivity contribution in [2.45, 2.75) is 90.5 Å². The molecule has 162 valence electrons. The number of fused-ring (bicyclic) bond motifs is 5. The zero-order valence-corrected chi connectivity index (χ0v) is 21.8. The highest BCUT2D eigenvalue weighted by atomic mass is 79.9. The average molecular weight is 480 g/mol. The summed E-state index contributed by atoms with van der Waals surface area (Å²) >= 11 is 3.72. The second kappa shape index (κ2) is 7.45. The first kappa shape index (κ1) is 22.0. The summed E-state index contributed by atoms with van der Waals surface area (Å²) in [7, 11) is -1.76. The van der Waals surface area contributed by atoms with E-state index in [1.807, 2.05) is 6.08 Å². The largest absolute Gasteiger partial charge is 0.413 e. The van der Waals surface area contributed by atoms with Crippen LogP contribution in [0.25, 0.3) is 0 Å². The van der Waals surface area contributed by atoms with Crippen LogP contribution in [0.1, 0.15) is 66.2 Å². The lowest BCUT2D eigenvalue weighted by Gasteiger charge is -2.52. The van der Waals surface area contributed by atoms with Crippen LogP contribution in [0.5, 0.6) is 0 Å². The molecule has 0 aliphatic heterocycles. The molecule has 0 amide bonds. The second-order valence-corrected chi connectivity index (χ2v) is 17.3. The predicted molar refractivity (Wildman–Crippen MR) is 127 cm³/mol. The van der Waals surface area contributed by atoms with Gasteiger partial charge < -0.3 is 4.43 Å². The van der Waals surface area contributed by atoms with Gasteiger partial charge in [0.1, 0.15) is 0 Å². The van der Waals surface area contributed by atoms with E-state index in [0.29, 0.717) is 36.1 Å². The van der Waals surface area contributed by atoms with E-state index in [2.05, 4.69) is 62.8 Å². The third-order valence-corrected chi connectivity index (χ3v) is 14.6. The van der Waals surface area contributed by atoms with E-state index in [1.165, 1.54) is 24.8 Å². The Bertz CT molecular complexity index is 746. The van der Waals surface area contributed by atoms with Crippen LogP contribution in [0.2, 0.25) is 18.1 Å². The highest BCUT2D eigenvalue weighted by Gasteiger charge is 2.56. The van der Waals surface area contributed by atoms with E-state index in [0.717, 1.165) is 24.1 Å². The number of hydrogen-bond acceptors (Lipinski definition) is 2. The molecule has 0 radical (unpaired) electrons. The number of alkyl halides is 1. The van der Waals surface area contributed by atoms with E-state index in [1.54, 1.807) is 5.57 Å². The molecule has 0 aromatic carbocycles. The van der Waals surface area contributed by atoms with Crippen molar-refractivity contribution in [2.75, 3.05) is 5.33 Å². The van der Waals surface area contributed by atoms with Gasteiger partial charge in [0, 0.05) is 17.7 Å². The molecule has 0 heterocycles. The molecule has 0 spiro atoms. The summed E-state index contributed by atoms with van der Waals surface area (Å²) in [6, 6.07) is 0. The minimum absolute atomic E-state index is 0.263. The lowest BCUT2D eigenvalue weighted by molar-refractivity contribution is -0.116. The van der Waals surface area contributed by atoms with Crippen molar-refractivity contribution in [2.24, 2.45) is 29.1 Å². The van der Waals surface area contributed by atoms with Crippen molar-refractivity contribution in [3.05, 3.63) is 23.3 Å². The summed E-state index contributed by atoms with van der Waals surface area (Å²) in [4.78, 5) is 12.2. The van der Waals surface area contributed by atoms with Gasteiger partial charge in [-0.2, -0.15) is 0 Å². The fourth-order valence-corrected chi connectivity index (χ4v) is 8.61. The molecule has 2 saturated carbocycles. The summed E-state index contributed by atoms with van der Waals surface area (Å²) in [6.07, 6.45) is 11.7. The maximum atomic E-state index is 12.2. The number of allylic oxidation sites excluding steroid dienone is 4. The first-order valence-corrected chi connectivity index (χ1v) is 15.7. The molecule has 0 N–H and O–H groups in total. The number of carbonyl (C=O) groups excluding carboxylic acids is 1. The Morgan fingerprint density at radius 1 is 1.24 bits per heavy atom. The molecule has 4 aliphatic rings. The summed E-state index contributed by atoms with van der Waals surface area (Å²) in [5.74, 6) is 2.73. The minimum atomic E-state index is -1.76. The van der Waals surface area contributed by atoms with Crippen LogP contribution >= 0.6 is 15.9 Å². The number of hydrogen-bond donors (Lipinski definition) is 0. The Hall–Kier alpha value is -0.193. The van der Waals surface area contributed by atoms with E-state index in [-0.39, 0.29) is 10.5 Å². The molecule has 0 saturated heterocycles. The Balaban J connectivity index is 1.62. The van der Waals surface area contributed by atoms with Gasteiger partial charge in [0.15, 0.2) is 14.1 Å². The SMILES string of the molecule is CC(C)(C)[Si](C)(C)O[C@H]1CCC2C3CCC4=CC(=O)C[C@@H](CBr)C4C3=CC[C@@]21C. The van der Waals surface area contributed by atoms with Gasteiger partial charge in [0.2, 0.25) is 0 Å². The monoisotopic (exact) mass is 478 g/mol. The molecule has 2 fully saturated rings. The lowest BCUT2D eigenvalue weighted by atomic mass is 9.55. The first-order valence-electron chi connectivity index (χ1n) is 11.6. The molecule has 4 aliphatic carbocycles. The van der Waals surface area contributed by atoms with E-state index < -0.39 is 8.32 Å². The van der Waals surface area contributed by atoms with Gasteiger partial charge >= 0.3 is 0 Å². The summed E-state index contributed by atoms with van der Waals surface area (Å²) in [5.41, 5.74) is 3.37. The summed E-state index contributed by atoms with van der Waals surface area (Å²) in [5, 5.41) is 1.20. The summed E-state index contributed by atoms with van der Waals surface area (Å²) in [6.45, 7) is 14.4. The van der Waals surface area contributed by atoms with Gasteiger partial charge in [-0.1, -0.05) is 60.8 Å². The maximum Gasteiger partial charge on any atom is 0.192 e. The maximum absolute atomic E-state index is 12.2. The van der Waals surface area contributed by atoms with Crippen LogP contribution in [0.15, 0.2) is 23.3 Å². The molecule has 29 heavy (non-hydrogen) atoms. The molecular weight excluding hydrogens is 440 g/mol. The molecule has 2 nitrogen and oxygen atoms in total. The normalized spacial score (nSPS) is 40.0. The first-order chi connectivity index (χ1) is 13.5. The molecular formula is C25H39BrO2Si. The molecule has 0 bridgehead atoms. The molecule has 4 heteroatoms. The predicted octanol–water partition coefficient (Wildman–Crippen LogP) is 7.06. The van der Waals surface area contributed by atoms with Crippen LogP contribution in [-0.4, -0.2) is 25.5 Å². The number of carbonyl (C=O) groups is 1. The van der Waals surface area contributed by atoms with Gasteiger partial charge in [-0.3, -0.25) is 4.79 Å². The van der Waals surface area contributed by atoms with Crippen LogP contribution in [-0.2, 0) is 9.22 Å². The minimum Gasteiger partial charge on any atom is -0.413 e. The fraction of sp³-hybridized carbons (Fsp3) is 0.800. The zero-order valence-electron chi connectivity index (χ0n) is 19.2. The Morgan fingerprint density at radius 3 is 2.62 bits per heavy atom. The van der Waals surface area contributed by atoms with Gasteiger partial charge in [-0.15, -0.1) is 0 Å². The summed E-state index contributed by atoms with van der Waals surface area (Å²) < 4.78 is 7.02. The smallest absolute Gasteiger partial charge is 0.192 e. The zero-order chi connectivity index (χ0) is 21.2. The van der Waals surface area contributed by atoms with E-state index in [4.69, 9.17) is 4.43 Å². The second-order valence-electron chi connectivity index (χ2n) is 11.9. The third kappa shape index (κ3) is 3.59. The van der Waals surface area contributed by atoms with Gasteiger partial charge in [0.25, 0.3) is 0 Å². The van der Waals surface area contributed by atoms with Crippen molar-refractivity contribution >= 4 is 30.0 Å². The van der Waals surface area contributed by atoms with Crippen LogP contribution in [0.3, 0.4) is 0 Å². The average Bonchev–Trinajstić information content (AvgIpc) is 2.95. The Morgan fingerprint density at radius 2 is 1.97 bits per heavy atom. The molecule has 6 atom stereocenters. The topological polar surface area (TPSA) is 26.3 Å². The molecule has 0 aromatic heterocycles. The van der Waals surface area contributed by atoms with Crippen molar-refractivity contribution < 1.29 is 9.22 Å². The third-order valence-electron chi connectivity index (χ3n) is 9.24. The van der Waals surface area contributed by atoms with Gasteiger partial charge in [-0.05, 0) is 79.5 Å². The van der Waals surface area contributed by atoms with Crippen molar-refractivity contribution in [3.8, 4) is 0 Å². The molecule has 0 aromatic rings. The molecule has 3 unspecified atom stereocenters. The highest BCUT2D eigenvalue weighted by Crippen LogP contribution is 2.61. The van der Waals surface area contributed by atoms with Crippen LogP contribution < -0.4 is 0 Å². The van der Waals surface area contributed by atoms with Crippen molar-refractivity contribution in [1.29, 1.82) is 0 Å². The van der Waals surface area contributed by atoms with Crippen LogP contribution in [0, 0.1) is 29.1 Å². The van der Waals surface area contributed by atoms with E-state index in [9.17, 15) is 4.79 Å². The Labute approximate surface area is 187 Å². The van der Waals surface area contributed by atoms with Gasteiger partial charge in [-0.25, -0.2) is 0 Å². The number of halogens is 1. The van der Waals surface area contributed by atoms with Crippen LogP contribution in [0.4, 0.5) is 0 Å². The van der Waals surface area contributed by atoms with Gasteiger partial charge in [0.05, 0.1) is 6.10 Å². The Kier molecular flexibility index (Phi) is 5.65. The molecule has 4 rings (SSSR count). The lowest BCUT2D eigenvalue weighted by Crippen LogP contribution is -2.50. The quantitative estimate of drug-likeness (QED) is 0.246. The number of rotatable bonds is 3. The van der Waals surface area contributed by atoms with E-state index >= 15 is 0 Å².